The van der Waals surface area contributed by atoms with E-state index in [0.29, 0.717) is 31.0 Å². The molecule has 158 valence electrons. The minimum absolute atomic E-state index is 0.205. The van der Waals surface area contributed by atoms with Gasteiger partial charge in [-0.1, -0.05) is 31.2 Å². The number of hydrogen-bond donors (Lipinski definition) is 1. The van der Waals surface area contributed by atoms with Crippen molar-refractivity contribution in [2.45, 2.75) is 24.7 Å². The molecule has 30 heavy (non-hydrogen) atoms. The molecule has 0 amide bonds. The van der Waals surface area contributed by atoms with Crippen LogP contribution in [0.5, 0.6) is 11.5 Å². The van der Waals surface area contributed by atoms with E-state index < -0.39 is 10.0 Å². The lowest BCUT2D eigenvalue weighted by molar-refractivity contribution is 0.353. The summed E-state index contributed by atoms with van der Waals surface area (Å²) in [5, 5.41) is 1.19. The fraction of sp³-hybridized carbons (Fsp3) is 0.304. The maximum absolute atomic E-state index is 13.1. The highest BCUT2D eigenvalue weighted by Crippen LogP contribution is 2.34. The quantitative estimate of drug-likeness (QED) is 0.640. The average molecular weight is 427 g/mol. The van der Waals surface area contributed by atoms with Crippen LogP contribution in [0, 0.1) is 0 Å². The Hall–Kier alpha value is -2.77. The van der Waals surface area contributed by atoms with Crippen molar-refractivity contribution in [3.8, 4) is 11.5 Å². The van der Waals surface area contributed by atoms with Crippen molar-refractivity contribution in [2.75, 3.05) is 27.3 Å². The van der Waals surface area contributed by atoms with E-state index in [-0.39, 0.29) is 4.90 Å². The SMILES string of the molecule is CCc1cccc2c(C3=CCN(S(=O)(=O)c4ccc(OC)c(OC)c4)CC3)c[nH]c12. The number of para-hydroxylation sites is 1. The number of ether oxygens (including phenoxy) is 2. The lowest BCUT2D eigenvalue weighted by Crippen LogP contribution is -2.34. The van der Waals surface area contributed by atoms with Crippen LogP contribution in [0.2, 0.25) is 0 Å². The maximum Gasteiger partial charge on any atom is 0.243 e. The number of H-pyrrole nitrogens is 1. The Morgan fingerprint density at radius 1 is 1.10 bits per heavy atom. The van der Waals surface area contributed by atoms with E-state index in [1.165, 1.54) is 41.1 Å². The van der Waals surface area contributed by atoms with E-state index in [1.807, 2.05) is 12.3 Å². The van der Waals surface area contributed by atoms with Crippen molar-refractivity contribution in [2.24, 2.45) is 0 Å². The van der Waals surface area contributed by atoms with Gasteiger partial charge < -0.3 is 14.5 Å². The normalized spacial score (nSPS) is 15.2. The van der Waals surface area contributed by atoms with Gasteiger partial charge in [0.05, 0.1) is 19.1 Å². The summed E-state index contributed by atoms with van der Waals surface area (Å²) >= 11 is 0. The molecule has 1 aliphatic heterocycles. The van der Waals surface area contributed by atoms with Crippen molar-refractivity contribution < 1.29 is 17.9 Å². The highest BCUT2D eigenvalue weighted by molar-refractivity contribution is 7.89. The fourth-order valence-electron chi connectivity index (χ4n) is 4.02. The summed E-state index contributed by atoms with van der Waals surface area (Å²) < 4.78 is 38.3. The number of benzene rings is 2. The first-order chi connectivity index (χ1) is 14.5. The molecule has 3 aromatic rings. The molecule has 2 aromatic carbocycles. The molecule has 1 aliphatic rings. The van der Waals surface area contributed by atoms with Crippen molar-refractivity contribution in [3.63, 3.8) is 0 Å². The largest absolute Gasteiger partial charge is 0.493 e. The zero-order chi connectivity index (χ0) is 21.3. The number of nitrogens with one attached hydrogen (secondary N) is 1. The molecule has 6 nitrogen and oxygen atoms in total. The van der Waals surface area contributed by atoms with E-state index in [1.54, 1.807) is 12.1 Å². The molecule has 0 unspecified atom stereocenters. The van der Waals surface area contributed by atoms with Gasteiger partial charge in [-0.05, 0) is 36.1 Å². The molecule has 0 saturated carbocycles. The Labute approximate surface area is 177 Å². The Morgan fingerprint density at radius 3 is 2.57 bits per heavy atom. The van der Waals surface area contributed by atoms with Crippen LogP contribution in [0.25, 0.3) is 16.5 Å². The van der Waals surface area contributed by atoms with E-state index in [0.717, 1.165) is 17.5 Å². The predicted molar refractivity (Wildman–Crippen MR) is 119 cm³/mol. The van der Waals surface area contributed by atoms with Crippen LogP contribution in [0.1, 0.15) is 24.5 Å². The fourth-order valence-corrected chi connectivity index (χ4v) is 5.41. The van der Waals surface area contributed by atoms with Crippen LogP contribution in [-0.2, 0) is 16.4 Å². The van der Waals surface area contributed by atoms with Gasteiger partial charge in [0.1, 0.15) is 0 Å². The number of fused-ring (bicyclic) bond motifs is 1. The molecule has 0 atom stereocenters. The first-order valence-electron chi connectivity index (χ1n) is 10.00. The third-order valence-corrected chi connectivity index (χ3v) is 7.55. The number of aromatic amines is 1. The van der Waals surface area contributed by atoms with Gasteiger partial charge in [-0.15, -0.1) is 0 Å². The third-order valence-electron chi connectivity index (χ3n) is 5.69. The van der Waals surface area contributed by atoms with Crippen LogP contribution in [0.3, 0.4) is 0 Å². The van der Waals surface area contributed by atoms with Crippen molar-refractivity contribution in [3.05, 3.63) is 59.8 Å². The minimum Gasteiger partial charge on any atom is -0.493 e. The van der Waals surface area contributed by atoms with Crippen LogP contribution in [-0.4, -0.2) is 45.0 Å². The first kappa shape index (κ1) is 20.5. The van der Waals surface area contributed by atoms with Gasteiger partial charge in [0.2, 0.25) is 10.0 Å². The van der Waals surface area contributed by atoms with Crippen LogP contribution in [0.15, 0.2) is 53.6 Å². The lowest BCUT2D eigenvalue weighted by Gasteiger charge is -2.26. The highest BCUT2D eigenvalue weighted by Gasteiger charge is 2.28. The Bertz CT molecular complexity index is 1210. The highest BCUT2D eigenvalue weighted by atomic mass is 32.2. The summed E-state index contributed by atoms with van der Waals surface area (Å²) in [7, 11) is -0.599. The summed E-state index contributed by atoms with van der Waals surface area (Å²) in [5.74, 6) is 0.903. The summed E-state index contributed by atoms with van der Waals surface area (Å²) in [6, 6.07) is 11.0. The lowest BCUT2D eigenvalue weighted by atomic mass is 9.98. The number of aryl methyl sites for hydroxylation is 1. The number of aromatic nitrogens is 1. The number of nitrogens with zero attached hydrogens (tertiary/aromatic N) is 1. The molecular weight excluding hydrogens is 400 g/mol. The van der Waals surface area contributed by atoms with Crippen molar-refractivity contribution in [1.29, 1.82) is 0 Å². The summed E-state index contributed by atoms with van der Waals surface area (Å²) in [6.07, 6.45) is 5.68. The summed E-state index contributed by atoms with van der Waals surface area (Å²) in [5.41, 5.74) is 4.78. The molecule has 1 aromatic heterocycles. The third kappa shape index (κ3) is 3.48. The number of sulfonamides is 1. The Kier molecular flexibility index (Phi) is 5.58. The molecule has 0 aliphatic carbocycles. The molecule has 0 bridgehead atoms. The first-order valence-corrected chi connectivity index (χ1v) is 11.4. The van der Waals surface area contributed by atoms with Gasteiger partial charge in [-0.3, -0.25) is 0 Å². The zero-order valence-electron chi connectivity index (χ0n) is 17.4. The topological polar surface area (TPSA) is 71.6 Å². The van der Waals surface area contributed by atoms with Crippen LogP contribution < -0.4 is 9.47 Å². The number of methoxy groups -OCH3 is 2. The molecule has 0 saturated heterocycles. The maximum atomic E-state index is 13.1. The average Bonchev–Trinajstić information content (AvgIpc) is 3.23. The zero-order valence-corrected chi connectivity index (χ0v) is 18.3. The van der Waals surface area contributed by atoms with Crippen molar-refractivity contribution in [1.82, 2.24) is 9.29 Å². The summed E-state index contributed by atoms with van der Waals surface area (Å²) in [4.78, 5) is 3.60. The van der Waals surface area contributed by atoms with Crippen LogP contribution in [0.4, 0.5) is 0 Å². The van der Waals surface area contributed by atoms with Crippen molar-refractivity contribution >= 4 is 26.5 Å². The van der Waals surface area contributed by atoms with Gasteiger partial charge in [-0.2, -0.15) is 4.31 Å². The molecule has 7 heteroatoms. The smallest absolute Gasteiger partial charge is 0.243 e. The van der Waals surface area contributed by atoms with E-state index in [9.17, 15) is 8.42 Å². The standard InChI is InChI=1S/C23H26N2O4S/c1-4-16-6-5-7-19-20(15-24-23(16)19)17-10-12-25(13-11-17)30(26,27)18-8-9-21(28-2)22(14-18)29-3/h5-10,14-15,24H,4,11-13H2,1-3H3. The van der Waals surface area contributed by atoms with Gasteiger partial charge in [0, 0.05) is 41.8 Å². The Morgan fingerprint density at radius 2 is 1.90 bits per heavy atom. The monoisotopic (exact) mass is 426 g/mol. The predicted octanol–water partition coefficient (Wildman–Crippen LogP) is 4.23. The molecule has 0 spiro atoms. The van der Waals surface area contributed by atoms with Gasteiger partial charge >= 0.3 is 0 Å². The Balaban J connectivity index is 1.61. The number of hydrogen-bond acceptors (Lipinski definition) is 4. The van der Waals surface area contributed by atoms with E-state index in [4.69, 9.17) is 9.47 Å². The molecule has 0 radical (unpaired) electrons. The molecule has 1 N–H and O–H groups in total. The van der Waals surface area contributed by atoms with E-state index >= 15 is 0 Å². The van der Waals surface area contributed by atoms with Gasteiger partial charge in [0.25, 0.3) is 0 Å². The number of rotatable bonds is 6. The minimum atomic E-state index is -3.62. The second-order valence-corrected chi connectivity index (χ2v) is 9.19. The van der Waals surface area contributed by atoms with Gasteiger partial charge in [-0.25, -0.2) is 8.42 Å². The summed E-state index contributed by atoms with van der Waals surface area (Å²) in [6.45, 7) is 2.92. The van der Waals surface area contributed by atoms with Gasteiger partial charge in [0.15, 0.2) is 11.5 Å². The molecule has 2 heterocycles. The molecular formula is C23H26N2O4S. The van der Waals surface area contributed by atoms with E-state index in [2.05, 4.69) is 30.1 Å². The second kappa shape index (κ2) is 8.16. The second-order valence-electron chi connectivity index (χ2n) is 7.25. The molecule has 0 fully saturated rings. The molecule has 4 rings (SSSR count). The van der Waals surface area contributed by atoms with Crippen LogP contribution >= 0.6 is 0 Å².